The van der Waals surface area contributed by atoms with Gasteiger partial charge < -0.3 is 20.8 Å². The van der Waals surface area contributed by atoms with Crippen LogP contribution in [-0.4, -0.2) is 40.2 Å². The van der Waals surface area contributed by atoms with Gasteiger partial charge in [-0.05, 0) is 31.0 Å². The van der Waals surface area contributed by atoms with Gasteiger partial charge in [-0.1, -0.05) is 12.8 Å². The van der Waals surface area contributed by atoms with Gasteiger partial charge in [0.25, 0.3) is 5.91 Å². The van der Waals surface area contributed by atoms with Crippen LogP contribution >= 0.6 is 0 Å². The zero-order valence-corrected chi connectivity index (χ0v) is 10.9. The molecule has 0 saturated heterocycles. The zero-order chi connectivity index (χ0) is 13.8. The number of rotatable bonds is 4. The van der Waals surface area contributed by atoms with Gasteiger partial charge in [-0.2, -0.15) is 0 Å². The maximum Gasteiger partial charge on any atom is 0.258 e. The predicted molar refractivity (Wildman–Crippen MR) is 72.1 cm³/mol. The molecule has 1 aromatic rings. The van der Waals surface area contributed by atoms with Crippen molar-refractivity contribution in [2.45, 2.75) is 31.7 Å². The highest BCUT2D eigenvalue weighted by Gasteiger charge is 2.28. The lowest BCUT2D eigenvalue weighted by atomic mass is 10.1. The van der Waals surface area contributed by atoms with Crippen molar-refractivity contribution in [3.8, 4) is 11.5 Å². The second kappa shape index (κ2) is 5.93. The van der Waals surface area contributed by atoms with Crippen molar-refractivity contribution in [1.82, 2.24) is 4.90 Å². The Hall–Kier alpha value is -1.75. The van der Waals surface area contributed by atoms with E-state index in [1.807, 2.05) is 0 Å². The van der Waals surface area contributed by atoms with Crippen molar-refractivity contribution in [2.75, 3.05) is 13.1 Å². The molecule has 19 heavy (non-hydrogen) atoms. The second-order valence-electron chi connectivity index (χ2n) is 4.93. The lowest BCUT2D eigenvalue weighted by molar-refractivity contribution is 0.0684. The van der Waals surface area contributed by atoms with Crippen LogP contribution in [0.15, 0.2) is 18.2 Å². The fourth-order valence-electron chi connectivity index (χ4n) is 2.66. The molecule has 5 nitrogen and oxygen atoms in total. The quantitative estimate of drug-likeness (QED) is 0.718. The highest BCUT2D eigenvalue weighted by atomic mass is 16.3. The average molecular weight is 264 g/mol. The molecule has 0 bridgehead atoms. The highest BCUT2D eigenvalue weighted by Crippen LogP contribution is 2.28. The number of benzene rings is 1. The maximum absolute atomic E-state index is 12.5. The predicted octanol–water partition coefficient (Wildman–Crippen LogP) is 1.44. The van der Waals surface area contributed by atoms with Gasteiger partial charge in [-0.3, -0.25) is 4.79 Å². The van der Waals surface area contributed by atoms with Gasteiger partial charge in [-0.25, -0.2) is 0 Å². The number of nitrogens with two attached hydrogens (primary N) is 1. The standard InChI is InChI=1S/C14H20N2O3/c15-7-8-16(10-3-1-2-4-10)14(19)12-9-11(17)5-6-13(12)18/h5-6,9-10,17-18H,1-4,7-8,15H2. The van der Waals surface area contributed by atoms with Gasteiger partial charge in [0.15, 0.2) is 0 Å². The van der Waals surface area contributed by atoms with Crippen LogP contribution < -0.4 is 5.73 Å². The lowest BCUT2D eigenvalue weighted by Crippen LogP contribution is -2.42. The van der Waals surface area contributed by atoms with E-state index in [4.69, 9.17) is 5.73 Å². The smallest absolute Gasteiger partial charge is 0.258 e. The first-order valence-electron chi connectivity index (χ1n) is 6.66. The molecule has 2 rings (SSSR count). The van der Waals surface area contributed by atoms with E-state index in [1.54, 1.807) is 4.90 Å². The number of phenols is 2. The van der Waals surface area contributed by atoms with Crippen molar-refractivity contribution >= 4 is 5.91 Å². The third kappa shape index (κ3) is 2.98. The van der Waals surface area contributed by atoms with Crippen molar-refractivity contribution in [3.63, 3.8) is 0 Å². The van der Waals surface area contributed by atoms with E-state index >= 15 is 0 Å². The Bertz CT molecular complexity index is 456. The van der Waals surface area contributed by atoms with Crippen LogP contribution in [0.3, 0.4) is 0 Å². The Morgan fingerprint density at radius 3 is 2.63 bits per heavy atom. The molecule has 0 spiro atoms. The molecule has 0 heterocycles. The van der Waals surface area contributed by atoms with Gasteiger partial charge in [0, 0.05) is 19.1 Å². The van der Waals surface area contributed by atoms with Gasteiger partial charge >= 0.3 is 0 Å². The number of carbonyl (C=O) groups is 1. The number of aromatic hydroxyl groups is 2. The Morgan fingerprint density at radius 1 is 1.32 bits per heavy atom. The lowest BCUT2D eigenvalue weighted by Gasteiger charge is -2.29. The first-order valence-corrected chi connectivity index (χ1v) is 6.66. The normalized spacial score (nSPS) is 15.6. The monoisotopic (exact) mass is 264 g/mol. The van der Waals surface area contributed by atoms with Crippen molar-refractivity contribution in [3.05, 3.63) is 23.8 Å². The minimum Gasteiger partial charge on any atom is -0.508 e. The number of hydrogen-bond donors (Lipinski definition) is 3. The molecule has 1 aliphatic rings. The molecule has 0 unspecified atom stereocenters. The van der Waals surface area contributed by atoms with Crippen molar-refractivity contribution < 1.29 is 15.0 Å². The zero-order valence-electron chi connectivity index (χ0n) is 10.9. The Kier molecular flexibility index (Phi) is 4.27. The summed E-state index contributed by atoms with van der Waals surface area (Å²) >= 11 is 0. The maximum atomic E-state index is 12.5. The minimum absolute atomic E-state index is 0.0275. The summed E-state index contributed by atoms with van der Waals surface area (Å²) in [7, 11) is 0. The van der Waals surface area contributed by atoms with Crippen molar-refractivity contribution in [2.24, 2.45) is 5.73 Å². The summed E-state index contributed by atoms with van der Waals surface area (Å²) in [6.07, 6.45) is 4.19. The fraction of sp³-hybridized carbons (Fsp3) is 0.500. The molecule has 0 radical (unpaired) electrons. The number of nitrogens with zero attached hydrogens (tertiary/aromatic N) is 1. The molecule has 1 fully saturated rings. The van der Waals surface area contributed by atoms with E-state index in [0.717, 1.165) is 25.7 Å². The molecule has 1 amide bonds. The van der Waals surface area contributed by atoms with Crippen LogP contribution in [0, 0.1) is 0 Å². The topological polar surface area (TPSA) is 86.8 Å². The summed E-state index contributed by atoms with van der Waals surface area (Å²) in [6, 6.07) is 4.18. The number of phenolic OH excluding ortho intramolecular Hbond substituents is 2. The minimum atomic E-state index is -0.259. The van der Waals surface area contributed by atoms with E-state index in [9.17, 15) is 15.0 Å². The van der Waals surface area contributed by atoms with Crippen LogP contribution in [0.5, 0.6) is 11.5 Å². The van der Waals surface area contributed by atoms with Crippen molar-refractivity contribution in [1.29, 1.82) is 0 Å². The highest BCUT2D eigenvalue weighted by molar-refractivity contribution is 5.97. The van der Waals surface area contributed by atoms with Gasteiger partial charge in [0.2, 0.25) is 0 Å². The summed E-state index contributed by atoms with van der Waals surface area (Å²) in [5.74, 6) is -0.395. The second-order valence-corrected chi connectivity index (χ2v) is 4.93. The summed E-state index contributed by atoms with van der Waals surface area (Å²) in [6.45, 7) is 0.862. The van der Waals surface area contributed by atoms with Crippen LogP contribution in [0.25, 0.3) is 0 Å². The Labute approximate surface area is 112 Å². The Morgan fingerprint density at radius 2 is 2.00 bits per heavy atom. The van der Waals surface area contributed by atoms with Crippen LogP contribution in [0.1, 0.15) is 36.0 Å². The molecule has 1 aliphatic carbocycles. The SMILES string of the molecule is NCCN(C(=O)c1cc(O)ccc1O)C1CCCC1. The summed E-state index contributed by atoms with van der Waals surface area (Å²) < 4.78 is 0. The largest absolute Gasteiger partial charge is 0.508 e. The third-order valence-electron chi connectivity index (χ3n) is 3.61. The molecule has 104 valence electrons. The molecule has 5 heteroatoms. The van der Waals surface area contributed by atoms with Gasteiger partial charge in [0.1, 0.15) is 11.5 Å². The van der Waals surface area contributed by atoms with Crippen LogP contribution in [0.4, 0.5) is 0 Å². The van der Waals surface area contributed by atoms with E-state index in [-0.39, 0.29) is 29.0 Å². The third-order valence-corrected chi connectivity index (χ3v) is 3.61. The molecule has 0 atom stereocenters. The summed E-state index contributed by atoms with van der Waals surface area (Å²) in [5, 5.41) is 19.2. The molecule has 1 aromatic carbocycles. The Balaban J connectivity index is 2.25. The molecule has 4 N–H and O–H groups in total. The molecular weight excluding hydrogens is 244 g/mol. The van der Waals surface area contributed by atoms with Gasteiger partial charge in [0.05, 0.1) is 5.56 Å². The van der Waals surface area contributed by atoms with E-state index in [2.05, 4.69) is 0 Å². The molecule has 1 saturated carbocycles. The average Bonchev–Trinajstić information content (AvgIpc) is 2.92. The number of amides is 1. The summed E-state index contributed by atoms with van der Waals surface area (Å²) in [4.78, 5) is 14.2. The number of carbonyl (C=O) groups excluding carboxylic acids is 1. The first kappa shape index (κ1) is 13.7. The van der Waals surface area contributed by atoms with Crippen LogP contribution in [0.2, 0.25) is 0 Å². The first-order chi connectivity index (χ1) is 9.13. The molecule has 0 aliphatic heterocycles. The molecule has 0 aromatic heterocycles. The van der Waals surface area contributed by atoms with E-state index < -0.39 is 0 Å². The summed E-state index contributed by atoms with van der Waals surface area (Å²) in [5.41, 5.74) is 5.71. The van der Waals surface area contributed by atoms with Gasteiger partial charge in [-0.15, -0.1) is 0 Å². The fourth-order valence-corrected chi connectivity index (χ4v) is 2.66. The number of hydrogen-bond acceptors (Lipinski definition) is 4. The van der Waals surface area contributed by atoms with E-state index in [0.29, 0.717) is 13.1 Å². The van der Waals surface area contributed by atoms with Crippen LogP contribution in [-0.2, 0) is 0 Å². The molecular formula is C14H20N2O3. The van der Waals surface area contributed by atoms with E-state index in [1.165, 1.54) is 18.2 Å².